The van der Waals surface area contributed by atoms with E-state index < -0.39 is 5.97 Å². The molecule has 0 unspecified atom stereocenters. The number of hydrogen-bond donors (Lipinski definition) is 0. The average Bonchev–Trinajstić information content (AvgIpc) is 2.14. The number of nitrogens with zero attached hydrogens (tertiary/aromatic N) is 1. The molecule has 1 amide bonds. The molecule has 0 aliphatic rings. The quantitative estimate of drug-likeness (QED) is 0.484. The molecule has 0 aliphatic heterocycles. The van der Waals surface area contributed by atoms with E-state index in [0.717, 1.165) is 5.06 Å². The maximum atomic E-state index is 11.1. The fraction of sp³-hybridized carbons (Fsp3) is 0.667. The van der Waals surface area contributed by atoms with Crippen molar-refractivity contribution >= 4 is 18.2 Å². The van der Waals surface area contributed by atoms with Crippen molar-refractivity contribution in [2.75, 3.05) is 7.05 Å². The lowest BCUT2D eigenvalue weighted by Crippen LogP contribution is -2.29. The summed E-state index contributed by atoms with van der Waals surface area (Å²) in [5.74, 6) is -0.809. The molecule has 0 aromatic rings. The van der Waals surface area contributed by atoms with Crippen molar-refractivity contribution in [3.8, 4) is 0 Å². The van der Waals surface area contributed by atoms with E-state index in [4.69, 9.17) is 0 Å². The number of amides is 1. The Morgan fingerprint density at radius 1 is 1.36 bits per heavy atom. The summed E-state index contributed by atoms with van der Waals surface area (Å²) in [5, 5.41) is 0.876. The van der Waals surface area contributed by atoms with Crippen LogP contribution >= 0.6 is 0 Å². The predicted octanol–water partition coefficient (Wildman–Crippen LogP) is 0.682. The van der Waals surface area contributed by atoms with Gasteiger partial charge in [0.05, 0.1) is 0 Å². The zero-order chi connectivity index (χ0) is 11.0. The largest absolute Gasteiger partial charge is 0.338 e. The van der Waals surface area contributed by atoms with Gasteiger partial charge in [-0.15, -0.1) is 0 Å². The summed E-state index contributed by atoms with van der Waals surface area (Å²) in [6, 6.07) is 0. The summed E-state index contributed by atoms with van der Waals surface area (Å²) in [7, 11) is 1.36. The van der Waals surface area contributed by atoms with Gasteiger partial charge in [0.1, 0.15) is 6.29 Å². The Kier molecular flexibility index (Phi) is 6.36. The first-order chi connectivity index (χ1) is 6.61. The molecule has 0 saturated carbocycles. The molecule has 0 fully saturated rings. The molecule has 5 heteroatoms. The summed E-state index contributed by atoms with van der Waals surface area (Å²) >= 11 is 0. The molecule has 80 valence electrons. The van der Waals surface area contributed by atoms with Gasteiger partial charge in [-0.25, -0.2) is 4.79 Å². The Hall–Kier alpha value is -1.39. The smallest absolute Gasteiger partial charge is 0.332 e. The first-order valence-electron chi connectivity index (χ1n) is 4.52. The van der Waals surface area contributed by atoms with Gasteiger partial charge in [0.25, 0.3) is 5.91 Å². The van der Waals surface area contributed by atoms with Crippen LogP contribution in [0.25, 0.3) is 0 Å². The van der Waals surface area contributed by atoms with E-state index in [9.17, 15) is 14.4 Å². The maximum Gasteiger partial charge on any atom is 0.332 e. The molecule has 0 aromatic carbocycles. The van der Waals surface area contributed by atoms with E-state index in [0.29, 0.717) is 12.7 Å². The van der Waals surface area contributed by atoms with Gasteiger partial charge in [-0.05, 0) is 6.42 Å². The normalized spacial score (nSPS) is 9.29. The molecule has 0 N–H and O–H groups in total. The van der Waals surface area contributed by atoms with Crippen LogP contribution in [0.3, 0.4) is 0 Å². The molecule has 0 atom stereocenters. The summed E-state index contributed by atoms with van der Waals surface area (Å²) in [5.41, 5.74) is 0. The third-order valence-electron chi connectivity index (χ3n) is 1.52. The summed E-state index contributed by atoms with van der Waals surface area (Å²) in [4.78, 5) is 36.7. The predicted molar refractivity (Wildman–Crippen MR) is 49.1 cm³/mol. The van der Waals surface area contributed by atoms with Crippen LogP contribution in [0.2, 0.25) is 0 Å². The topological polar surface area (TPSA) is 63.7 Å². The van der Waals surface area contributed by atoms with Crippen LogP contribution in [0.1, 0.15) is 32.6 Å². The lowest BCUT2D eigenvalue weighted by Gasteiger charge is -2.15. The van der Waals surface area contributed by atoms with E-state index in [-0.39, 0.29) is 25.2 Å². The number of carbonyl (C=O) groups is 3. The van der Waals surface area contributed by atoms with Gasteiger partial charge in [0.15, 0.2) is 0 Å². The zero-order valence-electron chi connectivity index (χ0n) is 8.49. The van der Waals surface area contributed by atoms with Crippen LogP contribution in [0.15, 0.2) is 0 Å². The number of hydrogen-bond acceptors (Lipinski definition) is 4. The lowest BCUT2D eigenvalue weighted by atomic mass is 10.3. The second kappa shape index (κ2) is 7.06. The van der Waals surface area contributed by atoms with Crippen LogP contribution in [-0.2, 0) is 19.2 Å². The Morgan fingerprint density at radius 2 is 2.00 bits per heavy atom. The second-order valence-electron chi connectivity index (χ2n) is 2.81. The van der Waals surface area contributed by atoms with Crippen molar-refractivity contribution in [1.82, 2.24) is 5.06 Å². The number of carbonyl (C=O) groups excluding carboxylic acids is 3. The first kappa shape index (κ1) is 12.6. The first-order valence-corrected chi connectivity index (χ1v) is 4.52. The van der Waals surface area contributed by atoms with Gasteiger partial charge in [-0.3, -0.25) is 4.79 Å². The Morgan fingerprint density at radius 3 is 2.50 bits per heavy atom. The zero-order valence-corrected chi connectivity index (χ0v) is 8.49. The molecular formula is C9H15NO4. The van der Waals surface area contributed by atoms with E-state index in [2.05, 4.69) is 4.84 Å². The third-order valence-corrected chi connectivity index (χ3v) is 1.52. The van der Waals surface area contributed by atoms with Crippen molar-refractivity contribution in [1.29, 1.82) is 0 Å². The second-order valence-corrected chi connectivity index (χ2v) is 2.81. The minimum absolute atomic E-state index is 0.0689. The molecule has 0 saturated heterocycles. The van der Waals surface area contributed by atoms with Crippen molar-refractivity contribution in [2.45, 2.75) is 32.6 Å². The van der Waals surface area contributed by atoms with Crippen LogP contribution in [0, 0.1) is 0 Å². The Balaban J connectivity index is 3.82. The fourth-order valence-electron chi connectivity index (χ4n) is 0.793. The fourth-order valence-corrected chi connectivity index (χ4v) is 0.793. The highest BCUT2D eigenvalue weighted by Crippen LogP contribution is 1.98. The number of aldehydes is 1. The van der Waals surface area contributed by atoms with Crippen molar-refractivity contribution < 1.29 is 19.2 Å². The molecule has 0 spiro atoms. The third kappa shape index (κ3) is 5.29. The summed E-state index contributed by atoms with van der Waals surface area (Å²) < 4.78 is 0. The molecule has 14 heavy (non-hydrogen) atoms. The molecule has 0 aliphatic carbocycles. The van der Waals surface area contributed by atoms with Gasteiger partial charge < -0.3 is 9.63 Å². The van der Waals surface area contributed by atoms with Gasteiger partial charge in [-0.1, -0.05) is 6.92 Å². The Labute approximate surface area is 83.0 Å². The molecule has 5 nitrogen and oxygen atoms in total. The van der Waals surface area contributed by atoms with Crippen LogP contribution < -0.4 is 0 Å². The molecule has 0 aromatic heterocycles. The van der Waals surface area contributed by atoms with Gasteiger partial charge >= 0.3 is 5.97 Å². The highest BCUT2D eigenvalue weighted by molar-refractivity contribution is 5.79. The van der Waals surface area contributed by atoms with E-state index in [1.165, 1.54) is 7.05 Å². The van der Waals surface area contributed by atoms with Crippen LogP contribution in [0.5, 0.6) is 0 Å². The molecule has 0 bridgehead atoms. The van der Waals surface area contributed by atoms with E-state index >= 15 is 0 Å². The Bertz CT molecular complexity index is 215. The van der Waals surface area contributed by atoms with Crippen molar-refractivity contribution in [3.63, 3.8) is 0 Å². The highest BCUT2D eigenvalue weighted by atomic mass is 16.7. The van der Waals surface area contributed by atoms with Gasteiger partial charge in [0, 0.05) is 26.3 Å². The molecule has 0 radical (unpaired) electrons. The standard InChI is InChI=1S/C9H15NO4/c1-3-5-9(13)14-10(2)8(12)6-4-7-11/h7H,3-6H2,1-2H3. The number of rotatable bonds is 5. The minimum atomic E-state index is -0.436. The van der Waals surface area contributed by atoms with Crippen molar-refractivity contribution in [2.24, 2.45) is 0 Å². The van der Waals surface area contributed by atoms with E-state index in [1.54, 1.807) is 0 Å². The van der Waals surface area contributed by atoms with Crippen LogP contribution in [-0.4, -0.2) is 30.3 Å². The molecular weight excluding hydrogens is 186 g/mol. The maximum absolute atomic E-state index is 11.1. The summed E-state index contributed by atoms with van der Waals surface area (Å²) in [6.45, 7) is 1.84. The molecule has 0 rings (SSSR count). The van der Waals surface area contributed by atoms with E-state index in [1.807, 2.05) is 6.92 Å². The lowest BCUT2D eigenvalue weighted by molar-refractivity contribution is -0.192. The molecule has 0 heterocycles. The summed E-state index contributed by atoms with van der Waals surface area (Å²) in [6.07, 6.45) is 1.83. The van der Waals surface area contributed by atoms with Crippen molar-refractivity contribution in [3.05, 3.63) is 0 Å². The van der Waals surface area contributed by atoms with Crippen LogP contribution in [0.4, 0.5) is 0 Å². The number of hydroxylamine groups is 2. The SMILES string of the molecule is CCCC(=O)ON(C)C(=O)CCC=O. The highest BCUT2D eigenvalue weighted by Gasteiger charge is 2.12. The van der Waals surface area contributed by atoms with Gasteiger partial charge in [-0.2, -0.15) is 5.06 Å². The monoisotopic (exact) mass is 201 g/mol. The minimum Gasteiger partial charge on any atom is -0.338 e. The average molecular weight is 201 g/mol. The van der Waals surface area contributed by atoms with Gasteiger partial charge in [0.2, 0.25) is 0 Å².